The van der Waals surface area contributed by atoms with Crippen molar-refractivity contribution in [2.75, 3.05) is 5.73 Å². The molecule has 0 radical (unpaired) electrons. The SMILES string of the molecule is Nc1nccc(-c2ccc(O)cc2)c1C(=O)O. The van der Waals surface area contributed by atoms with E-state index in [-0.39, 0.29) is 17.1 Å². The van der Waals surface area contributed by atoms with Gasteiger partial charge >= 0.3 is 5.97 Å². The second-order valence-corrected chi connectivity index (χ2v) is 3.47. The van der Waals surface area contributed by atoms with Crippen molar-refractivity contribution in [1.82, 2.24) is 4.98 Å². The summed E-state index contributed by atoms with van der Waals surface area (Å²) < 4.78 is 0. The minimum Gasteiger partial charge on any atom is -0.508 e. The molecule has 1 heterocycles. The lowest BCUT2D eigenvalue weighted by Gasteiger charge is -2.07. The molecule has 86 valence electrons. The molecule has 17 heavy (non-hydrogen) atoms. The number of carboxylic acid groups (broad SMARTS) is 1. The van der Waals surface area contributed by atoms with Crippen LogP contribution in [0.3, 0.4) is 0 Å². The third-order valence-electron chi connectivity index (χ3n) is 2.37. The van der Waals surface area contributed by atoms with E-state index in [4.69, 9.17) is 10.8 Å². The maximum Gasteiger partial charge on any atom is 0.340 e. The molecule has 0 unspecified atom stereocenters. The predicted molar refractivity (Wildman–Crippen MR) is 62.7 cm³/mol. The quantitative estimate of drug-likeness (QED) is 0.730. The minimum absolute atomic E-state index is 0.0249. The van der Waals surface area contributed by atoms with Gasteiger partial charge < -0.3 is 15.9 Å². The van der Waals surface area contributed by atoms with E-state index in [9.17, 15) is 9.90 Å². The van der Waals surface area contributed by atoms with Crippen LogP contribution >= 0.6 is 0 Å². The molecule has 2 aromatic rings. The molecule has 0 spiro atoms. The monoisotopic (exact) mass is 230 g/mol. The van der Waals surface area contributed by atoms with Crippen LogP contribution in [0, 0.1) is 0 Å². The number of carbonyl (C=O) groups is 1. The number of aromatic carboxylic acids is 1. The number of anilines is 1. The van der Waals surface area contributed by atoms with Crippen molar-refractivity contribution in [1.29, 1.82) is 0 Å². The van der Waals surface area contributed by atoms with Gasteiger partial charge in [0, 0.05) is 11.8 Å². The smallest absolute Gasteiger partial charge is 0.340 e. The van der Waals surface area contributed by atoms with Gasteiger partial charge in [0.15, 0.2) is 0 Å². The van der Waals surface area contributed by atoms with Gasteiger partial charge in [-0.2, -0.15) is 0 Å². The first kappa shape index (κ1) is 10.9. The molecule has 5 nitrogen and oxygen atoms in total. The number of carboxylic acids is 1. The lowest BCUT2D eigenvalue weighted by atomic mass is 10.0. The van der Waals surface area contributed by atoms with Gasteiger partial charge in [0.1, 0.15) is 17.1 Å². The Morgan fingerprint density at radius 1 is 1.18 bits per heavy atom. The Bertz CT molecular complexity index is 564. The van der Waals surface area contributed by atoms with Crippen LogP contribution in [0.25, 0.3) is 11.1 Å². The zero-order chi connectivity index (χ0) is 12.4. The Hall–Kier alpha value is -2.56. The Morgan fingerprint density at radius 3 is 2.41 bits per heavy atom. The molecule has 1 aromatic carbocycles. The van der Waals surface area contributed by atoms with Crippen LogP contribution < -0.4 is 5.73 Å². The highest BCUT2D eigenvalue weighted by Crippen LogP contribution is 2.27. The fourth-order valence-electron chi connectivity index (χ4n) is 1.58. The van der Waals surface area contributed by atoms with E-state index in [1.807, 2.05) is 0 Å². The molecular formula is C12H10N2O3. The van der Waals surface area contributed by atoms with E-state index >= 15 is 0 Å². The van der Waals surface area contributed by atoms with Crippen LogP contribution in [0.5, 0.6) is 5.75 Å². The van der Waals surface area contributed by atoms with Crippen molar-refractivity contribution in [3.8, 4) is 16.9 Å². The lowest BCUT2D eigenvalue weighted by Crippen LogP contribution is -2.06. The summed E-state index contributed by atoms with van der Waals surface area (Å²) in [5.41, 5.74) is 6.66. The van der Waals surface area contributed by atoms with Crippen LogP contribution in [0.4, 0.5) is 5.82 Å². The van der Waals surface area contributed by atoms with E-state index in [0.717, 1.165) is 0 Å². The molecule has 1 aromatic heterocycles. The van der Waals surface area contributed by atoms with Crippen molar-refractivity contribution >= 4 is 11.8 Å². The van der Waals surface area contributed by atoms with E-state index < -0.39 is 5.97 Å². The van der Waals surface area contributed by atoms with E-state index in [0.29, 0.717) is 11.1 Å². The number of nitrogens with two attached hydrogens (primary N) is 1. The fraction of sp³-hybridized carbons (Fsp3) is 0. The van der Waals surface area contributed by atoms with E-state index in [1.54, 1.807) is 18.2 Å². The second-order valence-electron chi connectivity index (χ2n) is 3.47. The average Bonchev–Trinajstić information content (AvgIpc) is 2.29. The number of pyridine rings is 1. The van der Waals surface area contributed by atoms with Crippen molar-refractivity contribution in [2.45, 2.75) is 0 Å². The van der Waals surface area contributed by atoms with Gasteiger partial charge in [0.05, 0.1) is 0 Å². The summed E-state index contributed by atoms with van der Waals surface area (Å²) in [5.74, 6) is -1.03. The summed E-state index contributed by atoms with van der Waals surface area (Å²) in [6, 6.07) is 7.79. The van der Waals surface area contributed by atoms with Crippen molar-refractivity contribution in [3.63, 3.8) is 0 Å². The number of benzene rings is 1. The highest BCUT2D eigenvalue weighted by molar-refractivity contribution is 6.00. The summed E-state index contributed by atoms with van der Waals surface area (Å²) in [5, 5.41) is 18.3. The topological polar surface area (TPSA) is 96.4 Å². The summed E-state index contributed by atoms with van der Waals surface area (Å²) in [7, 11) is 0. The number of rotatable bonds is 2. The van der Waals surface area contributed by atoms with Crippen LogP contribution in [0.1, 0.15) is 10.4 Å². The molecule has 0 atom stereocenters. The lowest BCUT2D eigenvalue weighted by molar-refractivity contribution is 0.0698. The number of hydrogen-bond acceptors (Lipinski definition) is 4. The van der Waals surface area contributed by atoms with E-state index in [1.165, 1.54) is 18.3 Å². The molecule has 4 N–H and O–H groups in total. The number of phenols is 1. The molecular weight excluding hydrogens is 220 g/mol. The van der Waals surface area contributed by atoms with Gasteiger partial charge in [0.2, 0.25) is 0 Å². The zero-order valence-corrected chi connectivity index (χ0v) is 8.79. The summed E-state index contributed by atoms with van der Waals surface area (Å²) in [4.78, 5) is 14.9. The van der Waals surface area contributed by atoms with Gasteiger partial charge in [-0.1, -0.05) is 12.1 Å². The third kappa shape index (κ3) is 2.03. The Balaban J connectivity index is 2.63. The Morgan fingerprint density at radius 2 is 1.82 bits per heavy atom. The molecule has 5 heteroatoms. The predicted octanol–water partition coefficient (Wildman–Crippen LogP) is 1.73. The largest absolute Gasteiger partial charge is 0.508 e. The van der Waals surface area contributed by atoms with Crippen LogP contribution in [0.15, 0.2) is 36.5 Å². The molecule has 0 aliphatic carbocycles. The van der Waals surface area contributed by atoms with Gasteiger partial charge in [-0.25, -0.2) is 9.78 Å². The summed E-state index contributed by atoms with van der Waals surface area (Å²) in [6.07, 6.45) is 1.45. The Labute approximate surface area is 97.2 Å². The van der Waals surface area contributed by atoms with Gasteiger partial charge in [0.25, 0.3) is 0 Å². The first-order valence-corrected chi connectivity index (χ1v) is 4.87. The third-order valence-corrected chi connectivity index (χ3v) is 2.37. The molecule has 2 rings (SSSR count). The molecule has 0 aliphatic rings. The summed E-state index contributed by atoms with van der Waals surface area (Å²) in [6.45, 7) is 0. The van der Waals surface area contributed by atoms with Gasteiger partial charge in [-0.05, 0) is 23.8 Å². The first-order chi connectivity index (χ1) is 8.09. The zero-order valence-electron chi connectivity index (χ0n) is 8.79. The standard InChI is InChI=1S/C12H10N2O3/c13-11-10(12(16)17)9(5-6-14-11)7-1-3-8(15)4-2-7/h1-6,15H,(H2,13,14)(H,16,17). The molecule has 0 saturated heterocycles. The fourth-order valence-corrected chi connectivity index (χ4v) is 1.58. The number of hydrogen-bond donors (Lipinski definition) is 3. The van der Waals surface area contributed by atoms with Crippen LogP contribution in [-0.2, 0) is 0 Å². The second kappa shape index (κ2) is 4.13. The molecule has 0 amide bonds. The molecule has 0 saturated carbocycles. The first-order valence-electron chi connectivity index (χ1n) is 4.87. The minimum atomic E-state index is -1.13. The number of phenolic OH excluding ortho intramolecular Hbond substituents is 1. The summed E-state index contributed by atoms with van der Waals surface area (Å²) >= 11 is 0. The normalized spacial score (nSPS) is 10.1. The van der Waals surface area contributed by atoms with Crippen molar-refractivity contribution in [2.24, 2.45) is 0 Å². The number of aromatic nitrogens is 1. The van der Waals surface area contributed by atoms with E-state index in [2.05, 4.69) is 4.98 Å². The molecule has 0 aliphatic heterocycles. The highest BCUT2D eigenvalue weighted by atomic mass is 16.4. The van der Waals surface area contributed by atoms with Crippen molar-refractivity contribution in [3.05, 3.63) is 42.1 Å². The van der Waals surface area contributed by atoms with Crippen LogP contribution in [0.2, 0.25) is 0 Å². The molecule has 0 bridgehead atoms. The average molecular weight is 230 g/mol. The van der Waals surface area contributed by atoms with Crippen molar-refractivity contribution < 1.29 is 15.0 Å². The van der Waals surface area contributed by atoms with Gasteiger partial charge in [-0.3, -0.25) is 0 Å². The number of nitrogens with zero attached hydrogens (tertiary/aromatic N) is 1. The van der Waals surface area contributed by atoms with Gasteiger partial charge in [-0.15, -0.1) is 0 Å². The number of aromatic hydroxyl groups is 1. The Kier molecular flexibility index (Phi) is 2.66. The highest BCUT2D eigenvalue weighted by Gasteiger charge is 2.15. The maximum atomic E-state index is 11.1. The number of nitrogen functional groups attached to an aromatic ring is 1. The molecule has 0 fully saturated rings. The van der Waals surface area contributed by atoms with Crippen LogP contribution in [-0.4, -0.2) is 21.2 Å². The maximum absolute atomic E-state index is 11.1.